The van der Waals surface area contributed by atoms with E-state index in [4.69, 9.17) is 4.98 Å². The molecule has 7 nitrogen and oxygen atoms in total. The Morgan fingerprint density at radius 3 is 2.50 bits per heavy atom. The van der Waals surface area contributed by atoms with E-state index in [1.807, 2.05) is 30.3 Å². The number of urea groups is 1. The first kappa shape index (κ1) is 17.2. The first-order chi connectivity index (χ1) is 13.4. The van der Waals surface area contributed by atoms with Gasteiger partial charge in [0.15, 0.2) is 5.41 Å². The summed E-state index contributed by atoms with van der Waals surface area (Å²) in [6.45, 7) is 0.757. The fraction of sp³-hybridized carbons (Fsp3) is 0.429. The molecule has 4 heterocycles. The third kappa shape index (κ3) is 2.04. The van der Waals surface area contributed by atoms with Crippen LogP contribution in [0.25, 0.3) is 10.9 Å². The molecule has 3 aliphatic heterocycles. The molecule has 4 amide bonds. The molecule has 2 saturated heterocycles. The zero-order chi connectivity index (χ0) is 19.6. The maximum atomic E-state index is 13.4. The van der Waals surface area contributed by atoms with Gasteiger partial charge in [-0.3, -0.25) is 19.4 Å². The second-order valence-electron chi connectivity index (χ2n) is 8.03. The van der Waals surface area contributed by atoms with Gasteiger partial charge in [0.1, 0.15) is 5.82 Å². The molecule has 0 N–H and O–H groups in total. The summed E-state index contributed by atoms with van der Waals surface area (Å²) in [7, 11) is 2.94. The fourth-order valence-electron chi connectivity index (χ4n) is 5.17. The summed E-state index contributed by atoms with van der Waals surface area (Å²) in [5.41, 5.74) is 0.538. The van der Waals surface area contributed by atoms with Gasteiger partial charge in [-0.15, -0.1) is 0 Å². The van der Waals surface area contributed by atoms with Gasteiger partial charge in [0.25, 0.3) is 0 Å². The number of hydrogen-bond donors (Lipinski definition) is 0. The lowest BCUT2D eigenvalue weighted by molar-refractivity contribution is -0.159. The van der Waals surface area contributed by atoms with E-state index in [0.29, 0.717) is 0 Å². The molecule has 1 aromatic carbocycles. The highest BCUT2D eigenvalue weighted by atomic mass is 16.2. The van der Waals surface area contributed by atoms with E-state index >= 15 is 0 Å². The zero-order valence-corrected chi connectivity index (χ0v) is 16.0. The number of rotatable bonds is 0. The lowest BCUT2D eigenvalue weighted by Gasteiger charge is -2.54. The molecule has 2 fully saturated rings. The van der Waals surface area contributed by atoms with Gasteiger partial charge < -0.3 is 4.90 Å². The lowest BCUT2D eigenvalue weighted by Crippen LogP contribution is -2.72. The highest BCUT2D eigenvalue weighted by molar-refractivity contribution is 6.20. The highest BCUT2D eigenvalue weighted by Gasteiger charge is 2.63. The first-order valence-corrected chi connectivity index (χ1v) is 9.71. The van der Waals surface area contributed by atoms with E-state index in [-0.39, 0.29) is 12.5 Å². The predicted molar refractivity (Wildman–Crippen MR) is 104 cm³/mol. The predicted octanol–water partition coefficient (Wildman–Crippen LogP) is 2.19. The quantitative estimate of drug-likeness (QED) is 0.657. The SMILES string of the molecule is CN1C(=O)N(C)C(=O)C2(Cc3cc4ccccc4nc3N3CCCCC32)C1=O. The van der Waals surface area contributed by atoms with Crippen molar-refractivity contribution in [2.75, 3.05) is 25.5 Å². The van der Waals surface area contributed by atoms with Gasteiger partial charge in [-0.2, -0.15) is 0 Å². The molecule has 0 saturated carbocycles. The van der Waals surface area contributed by atoms with Gasteiger partial charge in [0, 0.05) is 32.4 Å². The number of nitrogens with zero attached hydrogens (tertiary/aromatic N) is 4. The number of benzene rings is 1. The fourth-order valence-corrected chi connectivity index (χ4v) is 5.17. The second kappa shape index (κ2) is 5.77. The Bertz CT molecular complexity index is 1010. The summed E-state index contributed by atoms with van der Waals surface area (Å²) >= 11 is 0. The van der Waals surface area contributed by atoms with Crippen LogP contribution in [-0.2, 0) is 16.0 Å². The van der Waals surface area contributed by atoms with Crippen molar-refractivity contribution in [3.05, 3.63) is 35.9 Å². The second-order valence-corrected chi connectivity index (χ2v) is 8.03. The van der Waals surface area contributed by atoms with E-state index < -0.39 is 23.3 Å². The summed E-state index contributed by atoms with van der Waals surface area (Å²) in [6.07, 6.45) is 2.96. The van der Waals surface area contributed by atoms with Crippen molar-refractivity contribution in [3.63, 3.8) is 0 Å². The van der Waals surface area contributed by atoms with Crippen LogP contribution in [0.2, 0.25) is 0 Å². The van der Waals surface area contributed by atoms with Crippen molar-refractivity contribution < 1.29 is 14.4 Å². The summed E-state index contributed by atoms with van der Waals surface area (Å²) in [5.74, 6) is 0.0875. The van der Waals surface area contributed by atoms with Crippen molar-refractivity contribution in [3.8, 4) is 0 Å². The van der Waals surface area contributed by atoms with Crippen LogP contribution in [0.4, 0.5) is 10.6 Å². The van der Waals surface area contributed by atoms with E-state index in [2.05, 4.69) is 4.90 Å². The number of amides is 4. The molecule has 3 aliphatic rings. The Morgan fingerprint density at radius 2 is 1.75 bits per heavy atom. The molecule has 144 valence electrons. The molecule has 1 atom stereocenters. The third-order valence-electron chi connectivity index (χ3n) is 6.54. The maximum Gasteiger partial charge on any atom is 0.332 e. The molecule has 7 heteroatoms. The van der Waals surface area contributed by atoms with Gasteiger partial charge in [0.05, 0.1) is 11.6 Å². The Kier molecular flexibility index (Phi) is 3.53. The normalized spacial score (nSPS) is 24.0. The number of fused-ring (bicyclic) bond motifs is 5. The molecule has 0 aliphatic carbocycles. The number of hydrogen-bond acceptors (Lipinski definition) is 5. The highest BCUT2D eigenvalue weighted by Crippen LogP contribution is 2.48. The van der Waals surface area contributed by atoms with E-state index in [9.17, 15) is 14.4 Å². The Hall–Kier alpha value is -2.96. The van der Waals surface area contributed by atoms with Crippen LogP contribution in [0.3, 0.4) is 0 Å². The molecule has 0 radical (unpaired) electrons. The standard InChI is InChI=1S/C21H22N4O3/c1-23-18(26)21(19(27)24(2)20(23)28)12-14-11-13-7-3-4-8-15(13)22-17(14)25-10-6-5-9-16(21)25/h3-4,7-8,11,16H,5-6,9-10,12H2,1-2H3. The Labute approximate surface area is 162 Å². The lowest BCUT2D eigenvalue weighted by atomic mass is 9.66. The number of aromatic nitrogens is 1. The van der Waals surface area contributed by atoms with Crippen molar-refractivity contribution in [2.24, 2.45) is 5.41 Å². The van der Waals surface area contributed by atoms with Crippen LogP contribution in [0, 0.1) is 5.41 Å². The van der Waals surface area contributed by atoms with E-state index in [1.165, 1.54) is 14.1 Å². The Morgan fingerprint density at radius 1 is 1.04 bits per heavy atom. The van der Waals surface area contributed by atoms with Crippen molar-refractivity contribution in [1.29, 1.82) is 0 Å². The number of para-hydroxylation sites is 1. The van der Waals surface area contributed by atoms with Crippen molar-refractivity contribution in [2.45, 2.75) is 31.7 Å². The molecular weight excluding hydrogens is 356 g/mol. The van der Waals surface area contributed by atoms with Crippen LogP contribution in [0.15, 0.2) is 30.3 Å². The molecule has 1 unspecified atom stereocenters. The molecule has 2 aromatic rings. The van der Waals surface area contributed by atoms with Crippen LogP contribution >= 0.6 is 0 Å². The largest absolute Gasteiger partial charge is 0.352 e. The molecular formula is C21H22N4O3. The smallest absolute Gasteiger partial charge is 0.332 e. The summed E-state index contributed by atoms with van der Waals surface area (Å²) in [5, 5.41) is 0.986. The molecule has 0 bridgehead atoms. The third-order valence-corrected chi connectivity index (χ3v) is 6.54. The van der Waals surface area contributed by atoms with E-state index in [0.717, 1.165) is 57.9 Å². The molecule has 5 rings (SSSR count). The van der Waals surface area contributed by atoms with Gasteiger partial charge >= 0.3 is 6.03 Å². The number of carbonyl (C=O) groups excluding carboxylic acids is 3. The van der Waals surface area contributed by atoms with Gasteiger partial charge in [-0.25, -0.2) is 9.78 Å². The monoisotopic (exact) mass is 378 g/mol. The van der Waals surface area contributed by atoms with Crippen LogP contribution < -0.4 is 4.90 Å². The van der Waals surface area contributed by atoms with Crippen molar-refractivity contribution in [1.82, 2.24) is 14.8 Å². The number of imide groups is 2. The van der Waals surface area contributed by atoms with E-state index in [1.54, 1.807) is 0 Å². The van der Waals surface area contributed by atoms with Gasteiger partial charge in [-0.05, 0) is 37.0 Å². The van der Waals surface area contributed by atoms with Gasteiger partial charge in [-0.1, -0.05) is 18.2 Å². The maximum absolute atomic E-state index is 13.4. The summed E-state index contributed by atoms with van der Waals surface area (Å²) < 4.78 is 0. The summed E-state index contributed by atoms with van der Waals surface area (Å²) in [4.78, 5) is 48.4. The summed E-state index contributed by atoms with van der Waals surface area (Å²) in [6, 6.07) is 9.09. The number of carbonyl (C=O) groups is 3. The number of anilines is 1. The van der Waals surface area contributed by atoms with Gasteiger partial charge in [0.2, 0.25) is 11.8 Å². The average Bonchev–Trinajstić information content (AvgIpc) is 2.73. The van der Waals surface area contributed by atoms with Crippen LogP contribution in [0.1, 0.15) is 24.8 Å². The average molecular weight is 378 g/mol. The molecule has 1 spiro atoms. The number of piperidine rings is 1. The molecule has 28 heavy (non-hydrogen) atoms. The minimum Gasteiger partial charge on any atom is -0.352 e. The number of pyridine rings is 1. The zero-order valence-electron chi connectivity index (χ0n) is 16.0. The minimum absolute atomic E-state index is 0.277. The topological polar surface area (TPSA) is 73.8 Å². The minimum atomic E-state index is -1.27. The Balaban J connectivity index is 1.74. The van der Waals surface area contributed by atoms with Crippen LogP contribution in [0.5, 0.6) is 0 Å². The van der Waals surface area contributed by atoms with Crippen LogP contribution in [-0.4, -0.2) is 59.3 Å². The molecule has 1 aromatic heterocycles. The number of barbiturate groups is 1. The van der Waals surface area contributed by atoms with Crippen molar-refractivity contribution >= 4 is 34.6 Å². The first-order valence-electron chi connectivity index (χ1n) is 9.71.